The summed E-state index contributed by atoms with van der Waals surface area (Å²) in [5.41, 5.74) is 3.23. The first-order valence-corrected chi connectivity index (χ1v) is 10.8. The number of nitrogens with one attached hydrogen (secondary N) is 2. The molecule has 0 saturated heterocycles. The molecule has 144 valence electrons. The maximum Gasteiger partial charge on any atom is 0.225 e. The number of hydrogen-bond donors (Lipinski definition) is 2. The van der Waals surface area contributed by atoms with Crippen molar-refractivity contribution in [1.29, 1.82) is 0 Å². The van der Waals surface area contributed by atoms with Gasteiger partial charge in [-0.15, -0.1) is 0 Å². The van der Waals surface area contributed by atoms with Crippen LogP contribution in [-0.2, 0) is 4.79 Å². The van der Waals surface area contributed by atoms with Crippen LogP contribution in [-0.4, -0.2) is 41.5 Å². The molecule has 0 aliphatic rings. The number of alkyl halides is 1. The third kappa shape index (κ3) is 9.17. The highest BCUT2D eigenvalue weighted by Crippen LogP contribution is 2.09. The first-order valence-electron chi connectivity index (χ1n) is 9.24. The molecular formula is C22H28IN3O. The second kappa shape index (κ2) is 12.6. The van der Waals surface area contributed by atoms with Crippen molar-refractivity contribution in [2.24, 2.45) is 0 Å². The lowest BCUT2D eigenvalue weighted by Crippen LogP contribution is -2.32. The Hall–Kier alpha value is -1.70. The van der Waals surface area contributed by atoms with E-state index in [2.05, 4.69) is 74.5 Å². The number of rotatable bonds is 11. The van der Waals surface area contributed by atoms with Crippen molar-refractivity contribution in [3.05, 3.63) is 71.8 Å². The Labute approximate surface area is 176 Å². The third-order valence-corrected chi connectivity index (χ3v) is 5.04. The van der Waals surface area contributed by atoms with E-state index in [0.29, 0.717) is 13.0 Å². The Morgan fingerprint density at radius 3 is 2.67 bits per heavy atom. The second-order valence-electron chi connectivity index (χ2n) is 6.43. The molecule has 5 heteroatoms. The summed E-state index contributed by atoms with van der Waals surface area (Å²) in [6.45, 7) is 5.46. The maximum absolute atomic E-state index is 12.0. The summed E-state index contributed by atoms with van der Waals surface area (Å²) in [5.74, 6) is 0.0460. The molecule has 2 rings (SSSR count). The van der Waals surface area contributed by atoms with Gasteiger partial charge in [0.15, 0.2) is 0 Å². The second-order valence-corrected chi connectivity index (χ2v) is 7.11. The topological polar surface area (TPSA) is 44.4 Å². The fourth-order valence-electron chi connectivity index (χ4n) is 2.61. The molecule has 0 unspecified atom stereocenters. The van der Waals surface area contributed by atoms with Crippen LogP contribution in [0.3, 0.4) is 0 Å². The summed E-state index contributed by atoms with van der Waals surface area (Å²) in [4.78, 5) is 14.3. The summed E-state index contributed by atoms with van der Waals surface area (Å²) in [5, 5.41) is 6.29. The summed E-state index contributed by atoms with van der Waals surface area (Å²) in [6.07, 6.45) is 4.83. The van der Waals surface area contributed by atoms with Crippen LogP contribution in [0.2, 0.25) is 0 Å². The number of halogens is 1. The number of benzene rings is 2. The van der Waals surface area contributed by atoms with Gasteiger partial charge in [-0.25, -0.2) is 0 Å². The molecule has 2 aromatic carbocycles. The molecule has 0 spiro atoms. The average molecular weight is 477 g/mol. The molecule has 0 heterocycles. The predicted molar refractivity (Wildman–Crippen MR) is 123 cm³/mol. The third-order valence-electron chi connectivity index (χ3n) is 4.08. The highest BCUT2D eigenvalue weighted by molar-refractivity contribution is 14.1. The molecule has 27 heavy (non-hydrogen) atoms. The van der Waals surface area contributed by atoms with Crippen LogP contribution < -0.4 is 10.6 Å². The predicted octanol–water partition coefficient (Wildman–Crippen LogP) is 4.32. The molecule has 0 aliphatic heterocycles. The van der Waals surface area contributed by atoms with Crippen molar-refractivity contribution >= 4 is 40.3 Å². The van der Waals surface area contributed by atoms with Crippen molar-refractivity contribution < 1.29 is 4.79 Å². The van der Waals surface area contributed by atoms with Crippen LogP contribution in [0, 0.1) is 6.92 Å². The molecule has 0 saturated carbocycles. The highest BCUT2D eigenvalue weighted by Gasteiger charge is 2.03. The minimum absolute atomic E-state index is 0.0460. The Kier molecular flexibility index (Phi) is 10.1. The Morgan fingerprint density at radius 2 is 1.93 bits per heavy atom. The largest absolute Gasteiger partial charge is 0.326 e. The van der Waals surface area contributed by atoms with Gasteiger partial charge in [-0.2, -0.15) is 0 Å². The highest BCUT2D eigenvalue weighted by atomic mass is 127. The lowest BCUT2D eigenvalue weighted by Gasteiger charge is -2.17. The normalized spacial score (nSPS) is 11.2. The van der Waals surface area contributed by atoms with E-state index in [1.54, 1.807) is 0 Å². The molecule has 1 amide bonds. The van der Waals surface area contributed by atoms with Gasteiger partial charge >= 0.3 is 0 Å². The van der Waals surface area contributed by atoms with Crippen LogP contribution in [0.4, 0.5) is 5.69 Å². The number of aryl methyl sites for hydroxylation is 1. The summed E-state index contributed by atoms with van der Waals surface area (Å²) in [7, 11) is 0. The summed E-state index contributed by atoms with van der Waals surface area (Å²) in [6, 6.07) is 18.2. The molecule has 0 aromatic heterocycles. The van der Waals surface area contributed by atoms with Gasteiger partial charge in [0.05, 0.1) is 4.55 Å². The van der Waals surface area contributed by atoms with E-state index in [0.717, 1.165) is 35.4 Å². The van der Waals surface area contributed by atoms with Crippen molar-refractivity contribution in [3.8, 4) is 0 Å². The quantitative estimate of drug-likeness (QED) is 0.219. The smallest absolute Gasteiger partial charge is 0.225 e. The molecule has 0 atom stereocenters. The van der Waals surface area contributed by atoms with Gasteiger partial charge in [0.2, 0.25) is 5.91 Å². The van der Waals surface area contributed by atoms with Crippen LogP contribution in [0.15, 0.2) is 60.7 Å². The minimum Gasteiger partial charge on any atom is -0.326 e. The summed E-state index contributed by atoms with van der Waals surface area (Å²) < 4.78 is 0.979. The molecule has 2 N–H and O–H groups in total. The zero-order valence-electron chi connectivity index (χ0n) is 15.8. The molecule has 0 aliphatic carbocycles. The molecule has 4 nitrogen and oxygen atoms in total. The zero-order chi connectivity index (χ0) is 19.3. The lowest BCUT2D eigenvalue weighted by atomic mass is 10.2. The standard InChI is InChI=1S/C22H28IN3O/c1-19-7-5-11-21(17-19)25-22(27)12-13-24-14-16-26(18-23)15-6-10-20-8-3-2-4-9-20/h2-11,17,24H,12-16,18H2,1H3,(H,25,27)/b10-6+. The molecule has 0 bridgehead atoms. The van der Waals surface area contributed by atoms with Crippen molar-refractivity contribution in [2.45, 2.75) is 13.3 Å². The molecular weight excluding hydrogens is 449 g/mol. The number of carbonyl (C=O) groups is 1. The maximum atomic E-state index is 12.0. The van der Waals surface area contributed by atoms with E-state index in [9.17, 15) is 4.79 Å². The number of nitrogens with zero attached hydrogens (tertiary/aromatic N) is 1. The van der Waals surface area contributed by atoms with E-state index in [1.165, 1.54) is 5.56 Å². The molecule has 2 aromatic rings. The summed E-state index contributed by atoms with van der Waals surface area (Å²) >= 11 is 2.39. The Balaban J connectivity index is 1.59. The molecule has 0 radical (unpaired) electrons. The van der Waals surface area contributed by atoms with Gasteiger partial charge in [-0.1, -0.05) is 77.2 Å². The van der Waals surface area contributed by atoms with Crippen molar-refractivity contribution in [1.82, 2.24) is 10.2 Å². The minimum atomic E-state index is 0.0460. The van der Waals surface area contributed by atoms with E-state index < -0.39 is 0 Å². The van der Waals surface area contributed by atoms with Gasteiger partial charge in [0.1, 0.15) is 0 Å². The fourth-order valence-corrected chi connectivity index (χ4v) is 3.23. The van der Waals surface area contributed by atoms with Crippen LogP contribution >= 0.6 is 22.6 Å². The van der Waals surface area contributed by atoms with Crippen LogP contribution in [0.5, 0.6) is 0 Å². The van der Waals surface area contributed by atoms with E-state index >= 15 is 0 Å². The number of anilines is 1. The van der Waals surface area contributed by atoms with Crippen molar-refractivity contribution in [2.75, 3.05) is 36.0 Å². The van der Waals surface area contributed by atoms with Gasteiger partial charge in [-0.3, -0.25) is 9.69 Å². The van der Waals surface area contributed by atoms with Crippen LogP contribution in [0.1, 0.15) is 17.5 Å². The van der Waals surface area contributed by atoms with Gasteiger partial charge < -0.3 is 10.6 Å². The van der Waals surface area contributed by atoms with E-state index in [1.807, 2.05) is 37.3 Å². The number of carbonyl (C=O) groups excluding carboxylic acids is 1. The zero-order valence-corrected chi connectivity index (χ0v) is 18.0. The van der Waals surface area contributed by atoms with E-state index in [4.69, 9.17) is 0 Å². The lowest BCUT2D eigenvalue weighted by molar-refractivity contribution is -0.116. The van der Waals surface area contributed by atoms with Gasteiger partial charge in [0, 0.05) is 38.3 Å². The first-order chi connectivity index (χ1) is 13.2. The van der Waals surface area contributed by atoms with Crippen molar-refractivity contribution in [3.63, 3.8) is 0 Å². The monoisotopic (exact) mass is 477 g/mol. The van der Waals surface area contributed by atoms with Crippen LogP contribution in [0.25, 0.3) is 6.08 Å². The SMILES string of the molecule is Cc1cccc(NC(=O)CCNCCN(CI)C/C=C/c2ccccc2)c1. The molecule has 0 fully saturated rings. The Bertz CT molecular complexity index is 719. The van der Waals surface area contributed by atoms with Gasteiger partial charge in [-0.05, 0) is 30.2 Å². The average Bonchev–Trinajstić information content (AvgIpc) is 2.67. The van der Waals surface area contributed by atoms with E-state index in [-0.39, 0.29) is 5.91 Å². The number of amides is 1. The number of hydrogen-bond acceptors (Lipinski definition) is 3. The fraction of sp³-hybridized carbons (Fsp3) is 0.318. The first kappa shape index (κ1) is 21.6. The van der Waals surface area contributed by atoms with Gasteiger partial charge in [0.25, 0.3) is 0 Å². The Morgan fingerprint density at radius 1 is 1.11 bits per heavy atom.